The molecule has 0 bridgehead atoms. The number of nitrogens with one attached hydrogen (secondary N) is 1. The standard InChI is InChI=1S/C12H26N2O2/c1-11(2,3)14(7)9-8-13-10(15)16-12(4,5)6/h8-9H2,1-7H3,(H,13,15). The lowest BCUT2D eigenvalue weighted by atomic mass is 10.1. The van der Waals surface area contributed by atoms with Crippen molar-refractivity contribution in [2.24, 2.45) is 0 Å². The highest BCUT2D eigenvalue weighted by Gasteiger charge is 2.18. The molecule has 0 fully saturated rings. The molecule has 0 aromatic rings. The van der Waals surface area contributed by atoms with Gasteiger partial charge in [-0.25, -0.2) is 4.79 Å². The topological polar surface area (TPSA) is 41.6 Å². The van der Waals surface area contributed by atoms with E-state index in [0.717, 1.165) is 6.54 Å². The summed E-state index contributed by atoms with van der Waals surface area (Å²) in [6.07, 6.45) is -0.352. The van der Waals surface area contributed by atoms with Crippen molar-refractivity contribution in [3.63, 3.8) is 0 Å². The molecule has 16 heavy (non-hydrogen) atoms. The minimum Gasteiger partial charge on any atom is -0.444 e. The average molecular weight is 230 g/mol. The van der Waals surface area contributed by atoms with Gasteiger partial charge in [-0.2, -0.15) is 0 Å². The van der Waals surface area contributed by atoms with E-state index in [1.165, 1.54) is 0 Å². The second-order valence-electron chi connectivity index (χ2n) is 6.02. The van der Waals surface area contributed by atoms with E-state index in [1.54, 1.807) is 0 Å². The lowest BCUT2D eigenvalue weighted by Gasteiger charge is -2.31. The second-order valence-corrected chi connectivity index (χ2v) is 6.02. The van der Waals surface area contributed by atoms with E-state index >= 15 is 0 Å². The van der Waals surface area contributed by atoms with Crippen molar-refractivity contribution in [2.75, 3.05) is 20.1 Å². The molecule has 0 aliphatic heterocycles. The lowest BCUT2D eigenvalue weighted by molar-refractivity contribution is 0.0516. The van der Waals surface area contributed by atoms with Crippen molar-refractivity contribution in [3.8, 4) is 0 Å². The van der Waals surface area contributed by atoms with Crippen LogP contribution in [0.25, 0.3) is 0 Å². The molecule has 0 saturated carbocycles. The summed E-state index contributed by atoms with van der Waals surface area (Å²) < 4.78 is 5.14. The number of rotatable bonds is 3. The Labute approximate surface area is 99.3 Å². The van der Waals surface area contributed by atoms with Crippen molar-refractivity contribution in [1.82, 2.24) is 10.2 Å². The molecule has 0 aliphatic rings. The first-order chi connectivity index (χ1) is 7.02. The summed E-state index contributed by atoms with van der Waals surface area (Å²) in [5.41, 5.74) is -0.310. The third-order valence-corrected chi connectivity index (χ3v) is 2.26. The monoisotopic (exact) mass is 230 g/mol. The Morgan fingerprint density at radius 1 is 1.19 bits per heavy atom. The molecule has 4 nitrogen and oxygen atoms in total. The Kier molecular flexibility index (Phi) is 5.26. The SMILES string of the molecule is CN(CCNC(=O)OC(C)(C)C)C(C)(C)C. The normalized spacial score (nSPS) is 12.8. The number of hydrogen-bond acceptors (Lipinski definition) is 3. The third kappa shape index (κ3) is 7.51. The quantitative estimate of drug-likeness (QED) is 0.808. The molecular weight excluding hydrogens is 204 g/mol. The van der Waals surface area contributed by atoms with Gasteiger partial charge in [-0.15, -0.1) is 0 Å². The van der Waals surface area contributed by atoms with Gasteiger partial charge in [0.1, 0.15) is 5.60 Å². The van der Waals surface area contributed by atoms with Gasteiger partial charge in [-0.1, -0.05) is 0 Å². The maximum atomic E-state index is 11.3. The Hall–Kier alpha value is -0.770. The average Bonchev–Trinajstić information content (AvgIpc) is 1.98. The fourth-order valence-electron chi connectivity index (χ4n) is 0.975. The van der Waals surface area contributed by atoms with Crippen LogP contribution in [0.1, 0.15) is 41.5 Å². The molecule has 0 rings (SSSR count). The summed E-state index contributed by atoms with van der Waals surface area (Å²) >= 11 is 0. The van der Waals surface area contributed by atoms with E-state index in [0.29, 0.717) is 6.54 Å². The Morgan fingerprint density at radius 3 is 2.06 bits per heavy atom. The third-order valence-electron chi connectivity index (χ3n) is 2.26. The smallest absolute Gasteiger partial charge is 0.407 e. The highest BCUT2D eigenvalue weighted by molar-refractivity contribution is 5.67. The summed E-state index contributed by atoms with van der Waals surface area (Å²) in [6, 6.07) is 0. The number of ether oxygens (including phenoxy) is 1. The molecule has 1 N–H and O–H groups in total. The fraction of sp³-hybridized carbons (Fsp3) is 0.917. The van der Waals surface area contributed by atoms with Crippen LogP contribution in [0, 0.1) is 0 Å². The van der Waals surface area contributed by atoms with Crippen LogP contribution < -0.4 is 5.32 Å². The zero-order chi connectivity index (χ0) is 13.0. The number of likely N-dealkylation sites (N-methyl/N-ethyl adjacent to an activating group) is 1. The number of alkyl carbamates (subject to hydrolysis) is 1. The summed E-state index contributed by atoms with van der Waals surface area (Å²) in [4.78, 5) is 13.5. The van der Waals surface area contributed by atoms with Gasteiger partial charge < -0.3 is 10.1 Å². The van der Waals surface area contributed by atoms with Gasteiger partial charge in [0.05, 0.1) is 0 Å². The van der Waals surface area contributed by atoms with Gasteiger partial charge in [0.2, 0.25) is 0 Å². The number of hydrogen-bond donors (Lipinski definition) is 1. The predicted octanol–water partition coefficient (Wildman–Crippen LogP) is 2.24. The van der Waals surface area contributed by atoms with Gasteiger partial charge in [-0.3, -0.25) is 4.90 Å². The minimum absolute atomic E-state index is 0.121. The Bertz CT molecular complexity index is 226. The molecule has 0 unspecified atom stereocenters. The van der Waals surface area contributed by atoms with Gasteiger partial charge in [0, 0.05) is 18.6 Å². The van der Waals surface area contributed by atoms with E-state index in [9.17, 15) is 4.79 Å². The van der Waals surface area contributed by atoms with Crippen LogP contribution in [0.5, 0.6) is 0 Å². The van der Waals surface area contributed by atoms with Gasteiger partial charge >= 0.3 is 6.09 Å². The van der Waals surface area contributed by atoms with Crippen LogP contribution >= 0.6 is 0 Å². The number of amides is 1. The molecule has 96 valence electrons. The van der Waals surface area contributed by atoms with Crippen LogP contribution in [-0.2, 0) is 4.74 Å². The lowest BCUT2D eigenvalue weighted by Crippen LogP contribution is -2.43. The maximum absolute atomic E-state index is 11.3. The highest BCUT2D eigenvalue weighted by atomic mass is 16.6. The molecule has 0 radical (unpaired) electrons. The number of nitrogens with zero attached hydrogens (tertiary/aromatic N) is 1. The maximum Gasteiger partial charge on any atom is 0.407 e. The summed E-state index contributed by atoms with van der Waals surface area (Å²) in [5.74, 6) is 0. The first-order valence-electron chi connectivity index (χ1n) is 5.70. The van der Waals surface area contributed by atoms with E-state index in [2.05, 4.69) is 31.0 Å². The molecule has 0 spiro atoms. The Balaban J connectivity index is 3.79. The first-order valence-corrected chi connectivity index (χ1v) is 5.70. The van der Waals surface area contributed by atoms with Crippen LogP contribution in [0.15, 0.2) is 0 Å². The van der Waals surface area contributed by atoms with Crippen molar-refractivity contribution in [3.05, 3.63) is 0 Å². The zero-order valence-corrected chi connectivity index (χ0v) is 11.7. The van der Waals surface area contributed by atoms with E-state index in [1.807, 2.05) is 27.8 Å². The van der Waals surface area contributed by atoms with Crippen LogP contribution in [-0.4, -0.2) is 42.3 Å². The van der Waals surface area contributed by atoms with E-state index in [-0.39, 0.29) is 11.6 Å². The zero-order valence-electron chi connectivity index (χ0n) is 11.7. The second kappa shape index (κ2) is 5.53. The van der Waals surface area contributed by atoms with Gasteiger partial charge in [-0.05, 0) is 48.6 Å². The van der Waals surface area contributed by atoms with Crippen molar-refractivity contribution >= 4 is 6.09 Å². The van der Waals surface area contributed by atoms with Crippen LogP contribution in [0.3, 0.4) is 0 Å². The molecule has 0 saturated heterocycles. The molecule has 0 aromatic carbocycles. The van der Waals surface area contributed by atoms with Crippen LogP contribution in [0.4, 0.5) is 4.79 Å². The van der Waals surface area contributed by atoms with Crippen molar-refractivity contribution < 1.29 is 9.53 Å². The predicted molar refractivity (Wildman–Crippen MR) is 66.6 cm³/mol. The van der Waals surface area contributed by atoms with Crippen LogP contribution in [0.2, 0.25) is 0 Å². The molecule has 0 heterocycles. The van der Waals surface area contributed by atoms with Gasteiger partial charge in [0.25, 0.3) is 0 Å². The summed E-state index contributed by atoms with van der Waals surface area (Å²) in [5, 5.41) is 2.74. The van der Waals surface area contributed by atoms with Crippen molar-refractivity contribution in [2.45, 2.75) is 52.7 Å². The van der Waals surface area contributed by atoms with E-state index in [4.69, 9.17) is 4.74 Å². The molecule has 0 aliphatic carbocycles. The summed E-state index contributed by atoms with van der Waals surface area (Å²) in [7, 11) is 2.04. The Morgan fingerprint density at radius 2 is 1.69 bits per heavy atom. The molecule has 0 atom stereocenters. The molecule has 0 aromatic heterocycles. The van der Waals surface area contributed by atoms with E-state index < -0.39 is 5.60 Å². The van der Waals surface area contributed by atoms with Gasteiger partial charge in [0.15, 0.2) is 0 Å². The largest absolute Gasteiger partial charge is 0.444 e. The van der Waals surface area contributed by atoms with Crippen molar-refractivity contribution in [1.29, 1.82) is 0 Å². The highest BCUT2D eigenvalue weighted by Crippen LogP contribution is 2.09. The number of carbonyl (C=O) groups excluding carboxylic acids is 1. The molecule has 4 heteroatoms. The fourth-order valence-corrected chi connectivity index (χ4v) is 0.975. The minimum atomic E-state index is -0.431. The summed E-state index contributed by atoms with van der Waals surface area (Å²) in [6.45, 7) is 13.4. The molecule has 1 amide bonds. The first kappa shape index (κ1) is 15.2. The molecular formula is C12H26N2O2. The number of carbonyl (C=O) groups is 1.